The van der Waals surface area contributed by atoms with Gasteiger partial charge < -0.3 is 14.0 Å². The number of carbonyl (C=O) groups is 1. The Labute approximate surface area is 164 Å². The van der Waals surface area contributed by atoms with Crippen LogP contribution in [0.4, 0.5) is 13.2 Å². The van der Waals surface area contributed by atoms with Gasteiger partial charge in [-0.1, -0.05) is 11.6 Å². The molecule has 0 radical (unpaired) electrons. The predicted octanol–water partition coefficient (Wildman–Crippen LogP) is 4.54. The summed E-state index contributed by atoms with van der Waals surface area (Å²) in [5, 5.41) is 0.0722. The van der Waals surface area contributed by atoms with Gasteiger partial charge in [0.25, 0.3) is 5.56 Å². The third-order valence-corrected chi connectivity index (χ3v) is 3.84. The van der Waals surface area contributed by atoms with Gasteiger partial charge in [-0.15, -0.1) is 0 Å². The van der Waals surface area contributed by atoms with Crippen LogP contribution >= 0.6 is 11.6 Å². The Morgan fingerprint density at radius 3 is 2.32 bits per heavy atom. The first kappa shape index (κ1) is 21.8. The molecule has 0 aliphatic heterocycles. The molecule has 0 bridgehead atoms. The molecule has 1 aromatic heterocycles. The fourth-order valence-corrected chi connectivity index (χ4v) is 2.72. The summed E-state index contributed by atoms with van der Waals surface area (Å²) in [7, 11) is 1.25. The molecule has 28 heavy (non-hydrogen) atoms. The molecule has 0 saturated carbocycles. The van der Waals surface area contributed by atoms with Gasteiger partial charge in [-0.05, 0) is 44.5 Å². The smallest absolute Gasteiger partial charge is 0.417 e. The summed E-state index contributed by atoms with van der Waals surface area (Å²) in [4.78, 5) is 24.4. The third-order valence-electron chi connectivity index (χ3n) is 3.61. The van der Waals surface area contributed by atoms with E-state index in [1.807, 2.05) is 0 Å². The van der Waals surface area contributed by atoms with Crippen LogP contribution in [0.25, 0.3) is 11.1 Å². The van der Waals surface area contributed by atoms with E-state index in [-0.39, 0.29) is 21.9 Å². The number of halogens is 4. The number of alkyl halides is 3. The highest BCUT2D eigenvalue weighted by Gasteiger charge is 2.34. The zero-order valence-corrected chi connectivity index (χ0v) is 16.4. The fourth-order valence-electron chi connectivity index (χ4n) is 2.55. The number of ether oxygens (including phenoxy) is 2. The summed E-state index contributed by atoms with van der Waals surface area (Å²) in [6, 6.07) is 4.04. The van der Waals surface area contributed by atoms with Crippen molar-refractivity contribution in [2.75, 3.05) is 7.11 Å². The largest absolute Gasteiger partial charge is 0.495 e. The van der Waals surface area contributed by atoms with Crippen molar-refractivity contribution in [2.24, 2.45) is 0 Å². The number of rotatable bonds is 4. The Bertz CT molecular complexity index is 946. The minimum atomic E-state index is -4.66. The maximum absolute atomic E-state index is 13.4. The van der Waals surface area contributed by atoms with Crippen molar-refractivity contribution in [3.8, 4) is 16.9 Å². The zero-order valence-electron chi connectivity index (χ0n) is 15.7. The van der Waals surface area contributed by atoms with Gasteiger partial charge in [0.05, 0.1) is 18.9 Å². The second-order valence-electron chi connectivity index (χ2n) is 7.00. The second-order valence-corrected chi connectivity index (χ2v) is 7.43. The summed E-state index contributed by atoms with van der Waals surface area (Å²) in [6.45, 7) is 4.62. The van der Waals surface area contributed by atoms with Crippen molar-refractivity contribution in [1.82, 2.24) is 4.57 Å². The zero-order chi connectivity index (χ0) is 21.3. The van der Waals surface area contributed by atoms with Crippen molar-refractivity contribution < 1.29 is 27.4 Å². The van der Waals surface area contributed by atoms with Gasteiger partial charge in [-0.25, -0.2) is 0 Å². The highest BCUT2D eigenvalue weighted by atomic mass is 35.5. The highest BCUT2D eigenvalue weighted by molar-refractivity contribution is 6.30. The molecule has 0 N–H and O–H groups in total. The van der Waals surface area contributed by atoms with Gasteiger partial charge in [-0.2, -0.15) is 13.2 Å². The van der Waals surface area contributed by atoms with Crippen LogP contribution in [0.1, 0.15) is 26.3 Å². The molecule has 2 aromatic rings. The molecule has 0 amide bonds. The second kappa shape index (κ2) is 7.87. The molecule has 0 atom stereocenters. The van der Waals surface area contributed by atoms with Gasteiger partial charge in [0, 0.05) is 16.7 Å². The summed E-state index contributed by atoms with van der Waals surface area (Å²) >= 11 is 5.86. The van der Waals surface area contributed by atoms with Crippen LogP contribution in [0, 0.1) is 0 Å². The molecule has 5 nitrogen and oxygen atoms in total. The SMILES string of the molecule is COc1cn(CC(=O)OC(C)(C)C)c(=O)cc1-c1cc(Cl)ccc1C(F)(F)F. The first-order valence-electron chi connectivity index (χ1n) is 8.19. The van der Waals surface area contributed by atoms with Crippen molar-refractivity contribution >= 4 is 17.6 Å². The normalized spacial score (nSPS) is 12.0. The van der Waals surface area contributed by atoms with Gasteiger partial charge in [-0.3, -0.25) is 9.59 Å². The Kier molecular flexibility index (Phi) is 6.13. The maximum Gasteiger partial charge on any atom is 0.417 e. The highest BCUT2D eigenvalue weighted by Crippen LogP contribution is 2.40. The van der Waals surface area contributed by atoms with E-state index in [0.29, 0.717) is 0 Å². The Balaban J connectivity index is 2.55. The number of carbonyl (C=O) groups excluding carboxylic acids is 1. The van der Waals surface area contributed by atoms with E-state index in [0.717, 1.165) is 28.8 Å². The van der Waals surface area contributed by atoms with Gasteiger partial charge >= 0.3 is 12.1 Å². The minimum Gasteiger partial charge on any atom is -0.495 e. The quantitative estimate of drug-likeness (QED) is 0.685. The van der Waals surface area contributed by atoms with Crippen LogP contribution < -0.4 is 10.3 Å². The molecule has 152 valence electrons. The number of nitrogens with zero attached hydrogens (tertiary/aromatic N) is 1. The van der Waals surface area contributed by atoms with Crippen LogP contribution in [-0.4, -0.2) is 23.2 Å². The third kappa shape index (κ3) is 5.28. The fraction of sp³-hybridized carbons (Fsp3) is 0.368. The lowest BCUT2D eigenvalue weighted by atomic mass is 9.99. The van der Waals surface area contributed by atoms with E-state index < -0.39 is 35.4 Å². The lowest BCUT2D eigenvalue weighted by molar-refractivity contribution is -0.155. The Morgan fingerprint density at radius 1 is 1.14 bits per heavy atom. The maximum atomic E-state index is 13.4. The number of benzene rings is 1. The predicted molar refractivity (Wildman–Crippen MR) is 98.5 cm³/mol. The molecule has 9 heteroatoms. The molecular formula is C19H19ClF3NO4. The average molecular weight is 418 g/mol. The van der Waals surface area contributed by atoms with Crippen LogP contribution in [0.15, 0.2) is 35.3 Å². The van der Waals surface area contributed by atoms with E-state index in [1.54, 1.807) is 20.8 Å². The van der Waals surface area contributed by atoms with Crippen molar-refractivity contribution in [3.63, 3.8) is 0 Å². The summed E-state index contributed by atoms with van der Waals surface area (Å²) in [5.41, 5.74) is -2.76. The average Bonchev–Trinajstić information content (AvgIpc) is 2.53. The summed E-state index contributed by atoms with van der Waals surface area (Å²) in [5.74, 6) is -0.681. The van der Waals surface area contributed by atoms with Crippen molar-refractivity contribution in [3.05, 3.63) is 51.4 Å². The van der Waals surface area contributed by atoms with E-state index in [2.05, 4.69) is 0 Å². The molecule has 0 saturated heterocycles. The number of methoxy groups -OCH3 is 1. The molecule has 1 aromatic carbocycles. The molecule has 0 aliphatic carbocycles. The van der Waals surface area contributed by atoms with E-state index >= 15 is 0 Å². The Hall–Kier alpha value is -2.48. The molecule has 1 heterocycles. The number of pyridine rings is 1. The molecule has 2 rings (SSSR count). The van der Waals surface area contributed by atoms with E-state index in [9.17, 15) is 22.8 Å². The van der Waals surface area contributed by atoms with Gasteiger partial charge in [0.1, 0.15) is 17.9 Å². The lowest BCUT2D eigenvalue weighted by Gasteiger charge is -2.20. The van der Waals surface area contributed by atoms with Crippen LogP contribution in [0.2, 0.25) is 5.02 Å². The molecule has 0 aliphatic rings. The molecular weight excluding hydrogens is 399 g/mol. The van der Waals surface area contributed by atoms with Crippen LogP contribution in [-0.2, 0) is 22.3 Å². The van der Waals surface area contributed by atoms with Crippen LogP contribution in [0.3, 0.4) is 0 Å². The van der Waals surface area contributed by atoms with E-state index in [4.69, 9.17) is 21.1 Å². The summed E-state index contributed by atoms with van der Waals surface area (Å²) in [6.07, 6.45) is -3.49. The number of aromatic nitrogens is 1. The number of esters is 1. The van der Waals surface area contributed by atoms with Gasteiger partial charge in [0.2, 0.25) is 0 Å². The first-order valence-corrected chi connectivity index (χ1v) is 8.57. The number of hydrogen-bond donors (Lipinski definition) is 0. The van der Waals surface area contributed by atoms with Gasteiger partial charge in [0.15, 0.2) is 0 Å². The molecule has 0 unspecified atom stereocenters. The van der Waals surface area contributed by atoms with Crippen LogP contribution in [0.5, 0.6) is 5.75 Å². The Morgan fingerprint density at radius 2 is 1.79 bits per heavy atom. The molecule has 0 fully saturated rings. The minimum absolute atomic E-state index is 0.0177. The first-order chi connectivity index (χ1) is 12.8. The topological polar surface area (TPSA) is 57.5 Å². The lowest BCUT2D eigenvalue weighted by Crippen LogP contribution is -2.30. The van der Waals surface area contributed by atoms with E-state index in [1.165, 1.54) is 13.3 Å². The monoisotopic (exact) mass is 417 g/mol. The van der Waals surface area contributed by atoms with Crippen molar-refractivity contribution in [1.29, 1.82) is 0 Å². The number of hydrogen-bond acceptors (Lipinski definition) is 4. The summed E-state index contributed by atoms with van der Waals surface area (Å²) < 4.78 is 51.5. The standard InChI is InChI=1S/C19H19ClF3NO4/c1-18(2,3)28-17(26)10-24-9-15(27-4)13(8-16(24)25)12-7-11(20)5-6-14(12)19(21,22)23/h5-9H,10H2,1-4H3. The van der Waals surface area contributed by atoms with Crippen molar-refractivity contribution in [2.45, 2.75) is 39.1 Å². The molecule has 0 spiro atoms.